The second-order valence-electron chi connectivity index (χ2n) is 5.76. The van der Waals surface area contributed by atoms with Crippen LogP contribution in [0.1, 0.15) is 10.6 Å². The van der Waals surface area contributed by atoms with Gasteiger partial charge in [0.05, 0.1) is 11.4 Å². The number of aromatic nitrogens is 1. The number of allylic oxidation sites excluding steroid dienone is 1. The van der Waals surface area contributed by atoms with E-state index in [1.807, 2.05) is 42.6 Å². The van der Waals surface area contributed by atoms with Crippen LogP contribution in [0.3, 0.4) is 0 Å². The summed E-state index contributed by atoms with van der Waals surface area (Å²) in [6.45, 7) is 1.99. The summed E-state index contributed by atoms with van der Waals surface area (Å²) in [5, 5.41) is 14.6. The smallest absolute Gasteiger partial charge is 0.359 e. The van der Waals surface area contributed by atoms with E-state index in [1.54, 1.807) is 6.07 Å². The van der Waals surface area contributed by atoms with Gasteiger partial charge in [0.15, 0.2) is 0 Å². The largest absolute Gasteiger partial charge is 0.446 e. The van der Waals surface area contributed by atoms with Crippen LogP contribution in [0.4, 0.5) is 18.9 Å². The maximum absolute atomic E-state index is 12.7. The highest BCUT2D eigenvalue weighted by Crippen LogP contribution is 2.40. The summed E-state index contributed by atoms with van der Waals surface area (Å²) >= 11 is 1.10. The Balaban J connectivity index is 1.83. The Hall–Kier alpha value is -2.76. The van der Waals surface area contributed by atoms with Gasteiger partial charge in [0.25, 0.3) is 0 Å². The molecule has 0 radical (unpaired) electrons. The lowest BCUT2D eigenvalue weighted by Gasteiger charge is -2.10. The van der Waals surface area contributed by atoms with Crippen LogP contribution in [0.5, 0.6) is 0 Å². The topological polar surface area (TPSA) is 48.7 Å². The molecular weight excluding hydrogens is 403 g/mol. The molecule has 0 bridgehead atoms. The molecule has 1 aromatic heterocycles. The van der Waals surface area contributed by atoms with Crippen LogP contribution < -0.4 is 5.32 Å². The molecule has 3 aromatic rings. The van der Waals surface area contributed by atoms with Crippen molar-refractivity contribution in [1.29, 1.82) is 5.26 Å². The van der Waals surface area contributed by atoms with E-state index in [-0.39, 0.29) is 27.9 Å². The highest BCUT2D eigenvalue weighted by atomic mass is 32.2. The fraction of sp³-hybridized carbons (Fsp3) is 0.100. The fourth-order valence-electron chi connectivity index (χ4n) is 2.35. The number of nitrogens with one attached hydrogen (secondary N) is 1. The van der Waals surface area contributed by atoms with Crippen molar-refractivity contribution in [2.75, 3.05) is 5.32 Å². The molecule has 1 heterocycles. The van der Waals surface area contributed by atoms with Crippen LogP contribution in [0, 0.1) is 18.3 Å². The second kappa shape index (κ2) is 8.50. The molecule has 0 aliphatic heterocycles. The van der Waals surface area contributed by atoms with E-state index in [4.69, 9.17) is 0 Å². The van der Waals surface area contributed by atoms with Gasteiger partial charge in [0.1, 0.15) is 16.6 Å². The predicted molar refractivity (Wildman–Crippen MR) is 108 cm³/mol. The number of aryl methyl sites for hydroxylation is 1. The molecule has 3 rings (SSSR count). The molecule has 0 aliphatic carbocycles. The van der Waals surface area contributed by atoms with Crippen molar-refractivity contribution in [1.82, 2.24) is 4.98 Å². The van der Waals surface area contributed by atoms with E-state index in [1.165, 1.54) is 35.7 Å². The molecule has 142 valence electrons. The minimum absolute atomic E-state index is 0.0306. The van der Waals surface area contributed by atoms with Gasteiger partial charge in [-0.2, -0.15) is 18.4 Å². The van der Waals surface area contributed by atoms with Gasteiger partial charge in [-0.05, 0) is 30.8 Å². The first-order valence-electron chi connectivity index (χ1n) is 8.10. The first-order valence-corrected chi connectivity index (χ1v) is 9.80. The first kappa shape index (κ1) is 20.0. The molecule has 0 saturated heterocycles. The Labute approximate surface area is 168 Å². The van der Waals surface area contributed by atoms with Crippen LogP contribution in [-0.2, 0) is 0 Å². The summed E-state index contributed by atoms with van der Waals surface area (Å²) in [6, 6.07) is 16.0. The van der Waals surface area contributed by atoms with E-state index < -0.39 is 5.51 Å². The lowest BCUT2D eigenvalue weighted by atomic mass is 10.1. The van der Waals surface area contributed by atoms with E-state index in [0.29, 0.717) is 5.01 Å². The van der Waals surface area contributed by atoms with Gasteiger partial charge in [0, 0.05) is 22.0 Å². The Morgan fingerprint density at radius 2 is 1.89 bits per heavy atom. The van der Waals surface area contributed by atoms with Crippen LogP contribution >= 0.6 is 23.1 Å². The molecule has 0 atom stereocenters. The Morgan fingerprint density at radius 1 is 1.18 bits per heavy atom. The Kier molecular flexibility index (Phi) is 6.07. The standard InChI is InChI=1S/C20H14F3N3S2/c1-13-6-8-14(9-7-13)17-12-27-19(26-17)15(10-24)11-25-16-4-2-3-5-18(16)28-20(21,22)23/h2-9,11-12,25H,1H3. The van der Waals surface area contributed by atoms with Gasteiger partial charge < -0.3 is 5.32 Å². The van der Waals surface area contributed by atoms with Gasteiger partial charge in [-0.15, -0.1) is 11.3 Å². The van der Waals surface area contributed by atoms with Crippen molar-refractivity contribution in [3.8, 4) is 17.3 Å². The number of para-hydroxylation sites is 1. The van der Waals surface area contributed by atoms with E-state index >= 15 is 0 Å². The molecule has 1 N–H and O–H groups in total. The van der Waals surface area contributed by atoms with Crippen LogP contribution in [0.2, 0.25) is 0 Å². The Morgan fingerprint density at radius 3 is 2.57 bits per heavy atom. The SMILES string of the molecule is Cc1ccc(-c2csc(C(C#N)=CNc3ccccc3SC(F)(F)F)n2)cc1. The van der Waals surface area contributed by atoms with E-state index in [9.17, 15) is 18.4 Å². The minimum Gasteiger partial charge on any atom is -0.359 e. The van der Waals surface area contributed by atoms with Crippen molar-refractivity contribution in [3.05, 3.63) is 70.7 Å². The predicted octanol–water partition coefficient (Wildman–Crippen LogP) is 6.71. The number of halogens is 3. The number of anilines is 1. The van der Waals surface area contributed by atoms with Crippen LogP contribution in [0.25, 0.3) is 16.8 Å². The molecule has 0 spiro atoms. The third kappa shape index (κ3) is 5.15. The first-order chi connectivity index (χ1) is 13.4. The zero-order valence-electron chi connectivity index (χ0n) is 14.6. The van der Waals surface area contributed by atoms with Crippen molar-refractivity contribution < 1.29 is 13.2 Å². The van der Waals surface area contributed by atoms with Gasteiger partial charge in [-0.3, -0.25) is 0 Å². The number of hydrogen-bond donors (Lipinski definition) is 1. The van der Waals surface area contributed by atoms with Crippen molar-refractivity contribution in [2.24, 2.45) is 0 Å². The van der Waals surface area contributed by atoms with Crippen molar-refractivity contribution in [2.45, 2.75) is 17.3 Å². The lowest BCUT2D eigenvalue weighted by molar-refractivity contribution is -0.0327. The van der Waals surface area contributed by atoms with Crippen molar-refractivity contribution >= 4 is 34.4 Å². The number of hydrogen-bond acceptors (Lipinski definition) is 5. The molecule has 28 heavy (non-hydrogen) atoms. The summed E-state index contributed by atoms with van der Waals surface area (Å²) < 4.78 is 38.1. The molecule has 0 saturated carbocycles. The van der Waals surface area contributed by atoms with E-state index in [2.05, 4.69) is 10.3 Å². The molecule has 0 amide bonds. The summed E-state index contributed by atoms with van der Waals surface area (Å²) in [5.74, 6) is 0. The van der Waals surface area contributed by atoms with Crippen LogP contribution in [-0.4, -0.2) is 10.5 Å². The summed E-state index contributed by atoms with van der Waals surface area (Å²) in [6.07, 6.45) is 1.38. The maximum Gasteiger partial charge on any atom is 0.446 e. The number of thiazole rings is 1. The van der Waals surface area contributed by atoms with Gasteiger partial charge in [0.2, 0.25) is 0 Å². The van der Waals surface area contributed by atoms with Crippen molar-refractivity contribution in [3.63, 3.8) is 0 Å². The fourth-order valence-corrected chi connectivity index (χ4v) is 3.77. The highest BCUT2D eigenvalue weighted by Gasteiger charge is 2.30. The maximum atomic E-state index is 12.7. The molecule has 0 aliphatic rings. The molecular formula is C20H14F3N3S2. The van der Waals surface area contributed by atoms with Gasteiger partial charge >= 0.3 is 5.51 Å². The number of thioether (sulfide) groups is 1. The lowest BCUT2D eigenvalue weighted by Crippen LogP contribution is -2.01. The number of alkyl halides is 3. The monoisotopic (exact) mass is 417 g/mol. The normalized spacial score (nSPS) is 11.9. The zero-order valence-corrected chi connectivity index (χ0v) is 16.3. The summed E-state index contributed by atoms with van der Waals surface area (Å²) in [5.41, 5.74) is -1.06. The average Bonchev–Trinajstić information content (AvgIpc) is 3.13. The average molecular weight is 417 g/mol. The number of rotatable bonds is 5. The molecule has 3 nitrogen and oxygen atoms in total. The number of nitriles is 1. The number of nitrogens with zero attached hydrogens (tertiary/aromatic N) is 2. The number of benzene rings is 2. The summed E-state index contributed by atoms with van der Waals surface area (Å²) in [4.78, 5) is 4.51. The molecule has 8 heteroatoms. The third-order valence-corrected chi connectivity index (χ3v) is 5.37. The molecule has 0 fully saturated rings. The molecule has 0 unspecified atom stereocenters. The Bertz CT molecular complexity index is 1030. The minimum atomic E-state index is -4.39. The second-order valence-corrected chi connectivity index (χ2v) is 7.73. The summed E-state index contributed by atoms with van der Waals surface area (Å²) in [7, 11) is 0. The van der Waals surface area contributed by atoms with Gasteiger partial charge in [-0.1, -0.05) is 42.0 Å². The highest BCUT2D eigenvalue weighted by molar-refractivity contribution is 8.00. The molecule has 2 aromatic carbocycles. The van der Waals surface area contributed by atoms with Gasteiger partial charge in [-0.25, -0.2) is 4.98 Å². The van der Waals surface area contributed by atoms with Crippen LogP contribution in [0.15, 0.2) is 65.0 Å². The quantitative estimate of drug-likeness (QED) is 0.370. The van der Waals surface area contributed by atoms with E-state index in [0.717, 1.165) is 16.8 Å². The zero-order chi connectivity index (χ0) is 20.1. The third-order valence-electron chi connectivity index (χ3n) is 3.69.